The van der Waals surface area contributed by atoms with Crippen LogP contribution in [0.4, 0.5) is 13.2 Å². The maximum atomic E-state index is 11.3. The van der Waals surface area contributed by atoms with Crippen LogP contribution in [0.1, 0.15) is 0 Å². The molecular formula is CH2F3LiO6S2. The van der Waals surface area contributed by atoms with Gasteiger partial charge < -0.3 is 0 Å². The molecule has 0 atom stereocenters. The second-order valence-corrected chi connectivity index (χ2v) is 4.17. The molecule has 0 fully saturated rings. The van der Waals surface area contributed by atoms with Gasteiger partial charge in [-0.05, 0) is 0 Å². The molecule has 0 amide bonds. The van der Waals surface area contributed by atoms with E-state index in [9.17, 15) is 30.0 Å². The van der Waals surface area contributed by atoms with Crippen molar-refractivity contribution in [3.05, 3.63) is 0 Å². The minimum atomic E-state index is -6.29. The van der Waals surface area contributed by atoms with Crippen molar-refractivity contribution in [1.82, 2.24) is 0 Å². The van der Waals surface area contributed by atoms with E-state index in [1.807, 2.05) is 0 Å². The summed E-state index contributed by atoms with van der Waals surface area (Å²) in [6.45, 7) is 0. The molecule has 6 nitrogen and oxygen atoms in total. The predicted molar refractivity (Wildman–Crippen MR) is 34.8 cm³/mol. The molecule has 0 aliphatic carbocycles. The average molecular weight is 238 g/mol. The monoisotopic (exact) mass is 238 g/mol. The summed E-state index contributed by atoms with van der Waals surface area (Å²) in [5.41, 5.74) is -5.89. The molecule has 0 saturated carbocycles. The number of hydrogen-bond acceptors (Lipinski definition) is 5. The molecule has 0 aliphatic rings. The molecule has 13 heavy (non-hydrogen) atoms. The molecule has 0 heterocycles. The summed E-state index contributed by atoms with van der Waals surface area (Å²) < 4.78 is 82.4. The van der Waals surface area contributed by atoms with E-state index in [-0.39, 0.29) is 18.9 Å². The van der Waals surface area contributed by atoms with Crippen LogP contribution in [0.25, 0.3) is 0 Å². The fourth-order valence-corrected chi connectivity index (χ4v) is 1.37. The van der Waals surface area contributed by atoms with Crippen LogP contribution in [0.2, 0.25) is 0 Å². The standard InChI is InChI=1S/CHF3O6S2.Li.H/c2-1(3,4)11(5,6)10-12(7,8)9;;/h(H,7,8,9);;. The van der Waals surface area contributed by atoms with Crippen LogP contribution < -0.4 is 0 Å². The van der Waals surface area contributed by atoms with Crippen molar-refractivity contribution in [3.8, 4) is 0 Å². The quantitative estimate of drug-likeness (QED) is 0.376. The second kappa shape index (κ2) is 4.16. The van der Waals surface area contributed by atoms with Gasteiger partial charge in [0.05, 0.1) is 0 Å². The van der Waals surface area contributed by atoms with Gasteiger partial charge in [-0.1, -0.05) is 0 Å². The molecule has 12 heteroatoms. The molecule has 0 saturated heterocycles. The van der Waals surface area contributed by atoms with Gasteiger partial charge in [-0.25, -0.2) is 0 Å². The van der Waals surface area contributed by atoms with Gasteiger partial charge in [0.15, 0.2) is 0 Å². The number of halogens is 3. The Morgan fingerprint density at radius 3 is 1.46 bits per heavy atom. The van der Waals surface area contributed by atoms with Gasteiger partial charge in [-0.2, -0.15) is 30.0 Å². The second-order valence-electron chi connectivity index (χ2n) is 1.40. The molecule has 76 valence electrons. The topological polar surface area (TPSA) is 97.7 Å². The fourth-order valence-electron chi connectivity index (χ4n) is 0.152. The minimum absolute atomic E-state index is 0. The van der Waals surface area contributed by atoms with Crippen molar-refractivity contribution >= 4 is 39.4 Å². The van der Waals surface area contributed by atoms with Crippen molar-refractivity contribution in [2.45, 2.75) is 5.51 Å². The first-order valence-electron chi connectivity index (χ1n) is 1.95. The Morgan fingerprint density at radius 1 is 1.08 bits per heavy atom. The SMILES string of the molecule is O=S(=O)(O)OS(=O)(=O)C(F)(F)F.[LiH]. The van der Waals surface area contributed by atoms with E-state index >= 15 is 0 Å². The Labute approximate surface area is 83.3 Å². The van der Waals surface area contributed by atoms with E-state index in [0.717, 1.165) is 0 Å². The van der Waals surface area contributed by atoms with Crippen LogP contribution in [0.15, 0.2) is 0 Å². The molecule has 1 N–H and O–H groups in total. The predicted octanol–water partition coefficient (Wildman–Crippen LogP) is -0.993. The Morgan fingerprint density at radius 2 is 1.38 bits per heavy atom. The zero-order valence-electron chi connectivity index (χ0n) is 4.94. The average Bonchev–Trinajstić information content (AvgIpc) is 1.52. The Bertz CT molecular complexity index is 350. The molecule has 0 spiro atoms. The summed E-state index contributed by atoms with van der Waals surface area (Å²) in [6, 6.07) is 0. The van der Waals surface area contributed by atoms with E-state index < -0.39 is 26.0 Å². The van der Waals surface area contributed by atoms with Crippen LogP contribution in [-0.4, -0.2) is 45.8 Å². The molecule has 0 aliphatic heterocycles. The molecule has 0 aromatic heterocycles. The summed E-state index contributed by atoms with van der Waals surface area (Å²) in [4.78, 5) is 0. The van der Waals surface area contributed by atoms with Gasteiger partial charge in [0.1, 0.15) is 0 Å². The zero-order chi connectivity index (χ0) is 10.2. The summed E-state index contributed by atoms with van der Waals surface area (Å²) in [6.07, 6.45) is 0. The van der Waals surface area contributed by atoms with Gasteiger partial charge >= 0.3 is 44.9 Å². The Balaban J connectivity index is 0. The summed E-state index contributed by atoms with van der Waals surface area (Å²) in [7, 11) is -12.0. The van der Waals surface area contributed by atoms with E-state index in [1.54, 1.807) is 0 Å². The Hall–Kier alpha value is 0.207. The molecule has 0 radical (unpaired) electrons. The molecule has 0 aromatic rings. The van der Waals surface area contributed by atoms with Gasteiger partial charge in [0.2, 0.25) is 0 Å². The van der Waals surface area contributed by atoms with Crippen LogP contribution in [0, 0.1) is 0 Å². The van der Waals surface area contributed by atoms with Gasteiger partial charge in [0.25, 0.3) is 0 Å². The van der Waals surface area contributed by atoms with Crippen LogP contribution in [0.5, 0.6) is 0 Å². The van der Waals surface area contributed by atoms with E-state index in [4.69, 9.17) is 4.55 Å². The molecule has 0 unspecified atom stereocenters. The summed E-state index contributed by atoms with van der Waals surface area (Å²) in [5.74, 6) is 0. The number of hydrogen-bond donors (Lipinski definition) is 1. The third-order valence-electron chi connectivity index (χ3n) is 0.459. The molecule has 0 rings (SSSR count). The Kier molecular flexibility index (Phi) is 5.01. The molecular weight excluding hydrogens is 236 g/mol. The number of alkyl halides is 3. The summed E-state index contributed by atoms with van der Waals surface area (Å²) in [5, 5.41) is 0. The van der Waals surface area contributed by atoms with Crippen LogP contribution in [-0.2, 0) is 24.1 Å². The fraction of sp³-hybridized carbons (Fsp3) is 1.00. The van der Waals surface area contributed by atoms with E-state index in [2.05, 4.69) is 3.63 Å². The van der Waals surface area contributed by atoms with E-state index in [1.165, 1.54) is 0 Å². The van der Waals surface area contributed by atoms with Gasteiger partial charge in [-0.15, -0.1) is 3.63 Å². The van der Waals surface area contributed by atoms with Crippen molar-refractivity contribution in [2.24, 2.45) is 0 Å². The number of rotatable bonds is 2. The van der Waals surface area contributed by atoms with Crippen molar-refractivity contribution in [3.63, 3.8) is 0 Å². The first kappa shape index (κ1) is 15.7. The van der Waals surface area contributed by atoms with Crippen molar-refractivity contribution in [1.29, 1.82) is 0 Å². The van der Waals surface area contributed by atoms with Gasteiger partial charge in [0, 0.05) is 0 Å². The molecule has 0 bridgehead atoms. The molecule has 0 aromatic carbocycles. The third-order valence-corrected chi connectivity index (χ3v) is 2.43. The first-order valence-corrected chi connectivity index (χ1v) is 4.73. The van der Waals surface area contributed by atoms with E-state index in [0.29, 0.717) is 0 Å². The maximum absolute atomic E-state index is 11.3. The third kappa shape index (κ3) is 5.50. The normalized spacial score (nSPS) is 13.5. The van der Waals surface area contributed by atoms with Gasteiger partial charge in [-0.3, -0.25) is 4.55 Å². The zero-order valence-corrected chi connectivity index (χ0v) is 6.57. The first-order chi connectivity index (χ1) is 4.96. The van der Waals surface area contributed by atoms with Crippen LogP contribution >= 0.6 is 0 Å². The van der Waals surface area contributed by atoms with Crippen molar-refractivity contribution < 1.29 is 38.2 Å². The van der Waals surface area contributed by atoms with Crippen LogP contribution in [0.3, 0.4) is 0 Å². The van der Waals surface area contributed by atoms with Crippen molar-refractivity contribution in [2.75, 3.05) is 0 Å². The summed E-state index contributed by atoms with van der Waals surface area (Å²) >= 11 is 0.